The van der Waals surface area contributed by atoms with Gasteiger partial charge < -0.3 is 9.84 Å². The predicted octanol–water partition coefficient (Wildman–Crippen LogP) is 2.72. The summed E-state index contributed by atoms with van der Waals surface area (Å²) >= 11 is 0. The van der Waals surface area contributed by atoms with E-state index < -0.39 is 0 Å². The van der Waals surface area contributed by atoms with Crippen molar-refractivity contribution < 1.29 is 9.84 Å². The Morgan fingerprint density at radius 2 is 2.00 bits per heavy atom. The molecule has 0 aromatic carbocycles. The van der Waals surface area contributed by atoms with Gasteiger partial charge in [-0.2, -0.15) is 0 Å². The molecule has 2 atom stereocenters. The summed E-state index contributed by atoms with van der Waals surface area (Å²) in [5.74, 6) is 0. The quantitative estimate of drug-likeness (QED) is 0.850. The lowest BCUT2D eigenvalue weighted by molar-refractivity contribution is -0.103. The van der Waals surface area contributed by atoms with Crippen molar-refractivity contribution in [3.63, 3.8) is 0 Å². The number of rotatable bonds is 4. The van der Waals surface area contributed by atoms with E-state index in [1.165, 1.54) is 64.3 Å². The molecule has 0 bridgehead atoms. The molecule has 3 aliphatic rings. The first-order valence-electron chi connectivity index (χ1n) is 8.34. The maximum absolute atomic E-state index is 9.05. The number of aliphatic hydroxyl groups excluding tert-OH is 1. The van der Waals surface area contributed by atoms with Crippen LogP contribution in [0.1, 0.15) is 64.2 Å². The zero-order chi connectivity index (χ0) is 13.1. The zero-order valence-electron chi connectivity index (χ0n) is 12.1. The SMILES string of the molecule is OCCCC1CCCN1C1CCOC2(CCCC2)C1. The van der Waals surface area contributed by atoms with Gasteiger partial charge in [0.15, 0.2) is 0 Å². The van der Waals surface area contributed by atoms with E-state index in [1.807, 2.05) is 0 Å². The Balaban J connectivity index is 1.60. The van der Waals surface area contributed by atoms with Gasteiger partial charge in [0.2, 0.25) is 0 Å². The zero-order valence-corrected chi connectivity index (χ0v) is 12.1. The van der Waals surface area contributed by atoms with E-state index in [0.29, 0.717) is 6.61 Å². The Kier molecular flexibility index (Phi) is 4.45. The molecule has 110 valence electrons. The first kappa shape index (κ1) is 13.8. The molecule has 0 radical (unpaired) electrons. The average molecular weight is 267 g/mol. The minimum Gasteiger partial charge on any atom is -0.396 e. The van der Waals surface area contributed by atoms with Gasteiger partial charge in [0.1, 0.15) is 0 Å². The minimum absolute atomic E-state index is 0.243. The molecule has 2 saturated heterocycles. The van der Waals surface area contributed by atoms with Crippen molar-refractivity contribution in [1.82, 2.24) is 4.90 Å². The smallest absolute Gasteiger partial charge is 0.0697 e. The van der Waals surface area contributed by atoms with E-state index in [4.69, 9.17) is 9.84 Å². The Morgan fingerprint density at radius 1 is 1.16 bits per heavy atom. The average Bonchev–Trinajstić information content (AvgIpc) is 3.06. The largest absolute Gasteiger partial charge is 0.396 e. The maximum Gasteiger partial charge on any atom is 0.0697 e. The molecule has 3 heteroatoms. The predicted molar refractivity (Wildman–Crippen MR) is 76.2 cm³/mol. The normalized spacial score (nSPS) is 35.2. The van der Waals surface area contributed by atoms with Crippen LogP contribution in [0.5, 0.6) is 0 Å². The molecule has 2 heterocycles. The fourth-order valence-electron chi connectivity index (χ4n) is 4.63. The second-order valence-electron chi connectivity index (χ2n) is 6.78. The van der Waals surface area contributed by atoms with Crippen LogP contribution < -0.4 is 0 Å². The number of hydrogen-bond donors (Lipinski definition) is 1. The summed E-state index contributed by atoms with van der Waals surface area (Å²) in [6.07, 6.45) is 12.6. The molecule has 0 amide bonds. The number of ether oxygens (including phenoxy) is 1. The standard InChI is InChI=1S/C16H29NO2/c18-11-4-6-14-5-3-10-17(14)15-7-12-19-16(13-15)8-1-2-9-16/h14-15,18H,1-13H2. The molecule has 0 aromatic rings. The molecule has 3 nitrogen and oxygen atoms in total. The molecular formula is C16H29NO2. The van der Waals surface area contributed by atoms with Crippen LogP contribution in [0.15, 0.2) is 0 Å². The van der Waals surface area contributed by atoms with Gasteiger partial charge in [0.05, 0.1) is 5.60 Å². The molecule has 19 heavy (non-hydrogen) atoms. The molecule has 2 unspecified atom stereocenters. The van der Waals surface area contributed by atoms with Crippen molar-refractivity contribution in [1.29, 1.82) is 0 Å². The van der Waals surface area contributed by atoms with Gasteiger partial charge in [-0.15, -0.1) is 0 Å². The lowest BCUT2D eigenvalue weighted by Gasteiger charge is -2.43. The Morgan fingerprint density at radius 3 is 2.79 bits per heavy atom. The third-order valence-electron chi connectivity index (χ3n) is 5.57. The topological polar surface area (TPSA) is 32.7 Å². The van der Waals surface area contributed by atoms with Crippen LogP contribution >= 0.6 is 0 Å². The third-order valence-corrected chi connectivity index (χ3v) is 5.57. The van der Waals surface area contributed by atoms with Crippen molar-refractivity contribution in [3.8, 4) is 0 Å². The number of hydrogen-bond acceptors (Lipinski definition) is 3. The highest BCUT2D eigenvalue weighted by Gasteiger charge is 2.43. The molecule has 1 N–H and O–H groups in total. The molecule has 1 saturated carbocycles. The number of nitrogens with zero attached hydrogens (tertiary/aromatic N) is 1. The highest BCUT2D eigenvalue weighted by atomic mass is 16.5. The Bertz CT molecular complexity index is 288. The van der Waals surface area contributed by atoms with Crippen LogP contribution in [0, 0.1) is 0 Å². The van der Waals surface area contributed by atoms with Crippen LogP contribution in [0.25, 0.3) is 0 Å². The lowest BCUT2D eigenvalue weighted by Crippen LogP contribution is -2.49. The van der Waals surface area contributed by atoms with Crippen LogP contribution in [0.3, 0.4) is 0 Å². The number of likely N-dealkylation sites (tertiary alicyclic amines) is 1. The van der Waals surface area contributed by atoms with Crippen LogP contribution in [-0.4, -0.2) is 47.4 Å². The fraction of sp³-hybridized carbons (Fsp3) is 1.00. The summed E-state index contributed by atoms with van der Waals surface area (Å²) in [5, 5.41) is 9.05. The third kappa shape index (κ3) is 2.98. The Hall–Kier alpha value is -0.120. The lowest BCUT2D eigenvalue weighted by atomic mass is 9.87. The van der Waals surface area contributed by atoms with Crippen LogP contribution in [0.2, 0.25) is 0 Å². The van der Waals surface area contributed by atoms with E-state index in [2.05, 4.69) is 4.90 Å². The second kappa shape index (κ2) is 6.11. The van der Waals surface area contributed by atoms with E-state index >= 15 is 0 Å². The highest BCUT2D eigenvalue weighted by Crippen LogP contribution is 2.42. The monoisotopic (exact) mass is 267 g/mol. The van der Waals surface area contributed by atoms with Gasteiger partial charge in [-0.05, 0) is 57.9 Å². The first-order valence-corrected chi connectivity index (χ1v) is 8.34. The van der Waals surface area contributed by atoms with Crippen molar-refractivity contribution in [2.45, 2.75) is 81.9 Å². The van der Waals surface area contributed by atoms with Gasteiger partial charge >= 0.3 is 0 Å². The van der Waals surface area contributed by atoms with Crippen LogP contribution in [0.4, 0.5) is 0 Å². The molecule has 2 aliphatic heterocycles. The minimum atomic E-state index is 0.243. The van der Waals surface area contributed by atoms with E-state index in [1.54, 1.807) is 0 Å². The first-order chi connectivity index (χ1) is 9.33. The summed E-state index contributed by atoms with van der Waals surface area (Å²) in [6, 6.07) is 1.48. The summed E-state index contributed by atoms with van der Waals surface area (Å²) < 4.78 is 6.17. The van der Waals surface area contributed by atoms with E-state index in [0.717, 1.165) is 25.1 Å². The van der Waals surface area contributed by atoms with Gasteiger partial charge in [0, 0.05) is 25.3 Å². The maximum atomic E-state index is 9.05. The van der Waals surface area contributed by atoms with Gasteiger partial charge in [-0.3, -0.25) is 4.90 Å². The molecule has 1 spiro atoms. The van der Waals surface area contributed by atoms with Crippen LogP contribution in [-0.2, 0) is 4.74 Å². The Labute approximate surface area is 117 Å². The summed E-state index contributed by atoms with van der Waals surface area (Å²) in [4.78, 5) is 2.76. The van der Waals surface area contributed by atoms with Gasteiger partial charge in [-0.25, -0.2) is 0 Å². The molecule has 0 aromatic heterocycles. The summed E-state index contributed by atoms with van der Waals surface area (Å²) in [6.45, 7) is 2.59. The molecule has 1 aliphatic carbocycles. The van der Waals surface area contributed by atoms with Gasteiger partial charge in [0.25, 0.3) is 0 Å². The summed E-state index contributed by atoms with van der Waals surface area (Å²) in [7, 11) is 0. The van der Waals surface area contributed by atoms with Crippen molar-refractivity contribution in [2.24, 2.45) is 0 Å². The fourth-order valence-corrected chi connectivity index (χ4v) is 4.63. The van der Waals surface area contributed by atoms with E-state index in [-0.39, 0.29) is 5.60 Å². The number of aliphatic hydroxyl groups is 1. The highest BCUT2D eigenvalue weighted by molar-refractivity contribution is 4.96. The summed E-state index contributed by atoms with van der Waals surface area (Å²) in [5.41, 5.74) is 0.243. The molecule has 3 rings (SSSR count). The van der Waals surface area contributed by atoms with Crippen molar-refractivity contribution >= 4 is 0 Å². The molecular weight excluding hydrogens is 238 g/mol. The molecule has 3 fully saturated rings. The van der Waals surface area contributed by atoms with Crippen molar-refractivity contribution in [3.05, 3.63) is 0 Å². The van der Waals surface area contributed by atoms with Gasteiger partial charge in [-0.1, -0.05) is 12.8 Å². The van der Waals surface area contributed by atoms with Crippen molar-refractivity contribution in [2.75, 3.05) is 19.8 Å². The van der Waals surface area contributed by atoms with E-state index in [9.17, 15) is 0 Å². The second-order valence-corrected chi connectivity index (χ2v) is 6.78.